The van der Waals surface area contributed by atoms with Gasteiger partial charge in [-0.05, 0) is 17.7 Å². The van der Waals surface area contributed by atoms with Gasteiger partial charge in [0, 0.05) is 34.8 Å². The molecule has 0 bridgehead atoms. The van der Waals surface area contributed by atoms with E-state index in [2.05, 4.69) is 4.98 Å². The molecule has 1 aromatic heterocycles. The second kappa shape index (κ2) is 5.76. The number of carboxylic acid groups (broad SMARTS) is 1. The van der Waals surface area contributed by atoms with Crippen LogP contribution < -0.4 is 0 Å². The lowest BCUT2D eigenvalue weighted by molar-refractivity contribution is -0.384. The van der Waals surface area contributed by atoms with Crippen LogP contribution in [0.4, 0.5) is 5.69 Å². The summed E-state index contributed by atoms with van der Waals surface area (Å²) >= 11 is 0. The fraction of sp³-hybridized carbons (Fsp3) is 0. The molecule has 2 N–H and O–H groups in total. The van der Waals surface area contributed by atoms with Crippen LogP contribution in [0, 0.1) is 10.1 Å². The molecule has 6 nitrogen and oxygen atoms in total. The third-order valence-corrected chi connectivity index (χ3v) is 3.50. The largest absolute Gasteiger partial charge is 0.478 e. The summed E-state index contributed by atoms with van der Waals surface area (Å²) in [5, 5.41) is 21.2. The molecule has 1 heterocycles. The van der Waals surface area contributed by atoms with Crippen LogP contribution in [0.25, 0.3) is 22.6 Å². The lowest BCUT2D eigenvalue weighted by Crippen LogP contribution is -1.99. The van der Waals surface area contributed by atoms with E-state index in [-0.39, 0.29) is 11.3 Å². The van der Waals surface area contributed by atoms with Crippen molar-refractivity contribution in [3.05, 3.63) is 76.0 Å². The van der Waals surface area contributed by atoms with E-state index in [0.717, 1.165) is 10.9 Å². The Bertz CT molecular complexity index is 940. The number of rotatable bonds is 4. The normalized spacial score (nSPS) is 11.6. The van der Waals surface area contributed by atoms with Gasteiger partial charge >= 0.3 is 5.97 Å². The first-order valence-electron chi connectivity index (χ1n) is 6.82. The molecule has 0 fully saturated rings. The number of aromatic nitrogens is 1. The molecule has 0 saturated heterocycles. The number of nitro benzene ring substituents is 1. The highest BCUT2D eigenvalue weighted by Crippen LogP contribution is 2.27. The zero-order chi connectivity index (χ0) is 16.4. The molecular weight excluding hydrogens is 296 g/mol. The van der Waals surface area contributed by atoms with Gasteiger partial charge in [0.25, 0.3) is 5.69 Å². The number of H-pyrrole nitrogens is 1. The van der Waals surface area contributed by atoms with Gasteiger partial charge in [0.2, 0.25) is 0 Å². The van der Waals surface area contributed by atoms with Gasteiger partial charge in [-0.15, -0.1) is 0 Å². The molecule has 0 aliphatic rings. The first-order chi connectivity index (χ1) is 11.1. The van der Waals surface area contributed by atoms with Crippen molar-refractivity contribution in [1.82, 2.24) is 4.98 Å². The van der Waals surface area contributed by atoms with Crippen molar-refractivity contribution in [3.8, 4) is 0 Å². The smallest absolute Gasteiger partial charge is 0.336 e. The van der Waals surface area contributed by atoms with Crippen molar-refractivity contribution >= 4 is 34.2 Å². The number of benzene rings is 2. The molecule has 0 radical (unpaired) electrons. The fourth-order valence-corrected chi connectivity index (χ4v) is 2.44. The van der Waals surface area contributed by atoms with Gasteiger partial charge in [-0.3, -0.25) is 10.1 Å². The highest BCUT2D eigenvalue weighted by atomic mass is 16.6. The van der Waals surface area contributed by atoms with Gasteiger partial charge in [-0.2, -0.15) is 0 Å². The van der Waals surface area contributed by atoms with E-state index < -0.39 is 10.9 Å². The van der Waals surface area contributed by atoms with Crippen LogP contribution >= 0.6 is 0 Å². The number of non-ortho nitro benzene ring substituents is 1. The highest BCUT2D eigenvalue weighted by Gasteiger charge is 2.15. The third-order valence-electron chi connectivity index (χ3n) is 3.50. The van der Waals surface area contributed by atoms with E-state index in [1.165, 1.54) is 24.3 Å². The monoisotopic (exact) mass is 308 g/mol. The standard InChI is InChI=1S/C17H12N2O4/c20-17(21)14(9-11-4-3-5-12(8-11)19(22)23)15-10-18-16-7-2-1-6-13(15)16/h1-10,18H,(H,20,21)/b14-9-. The van der Waals surface area contributed by atoms with Gasteiger partial charge < -0.3 is 10.1 Å². The molecule has 0 aliphatic carbocycles. The Labute approximate surface area is 130 Å². The molecule has 3 aromatic rings. The number of para-hydroxylation sites is 1. The molecule has 0 spiro atoms. The third kappa shape index (κ3) is 2.82. The molecule has 0 unspecified atom stereocenters. The lowest BCUT2D eigenvalue weighted by atomic mass is 10.0. The first kappa shape index (κ1) is 14.5. The summed E-state index contributed by atoms with van der Waals surface area (Å²) in [6.45, 7) is 0. The van der Waals surface area contributed by atoms with Crippen molar-refractivity contribution in [2.75, 3.05) is 0 Å². The van der Waals surface area contributed by atoms with Gasteiger partial charge in [0.1, 0.15) is 0 Å². The van der Waals surface area contributed by atoms with E-state index in [9.17, 15) is 20.0 Å². The van der Waals surface area contributed by atoms with Crippen LogP contribution in [-0.2, 0) is 4.79 Å². The molecule has 0 aliphatic heterocycles. The van der Waals surface area contributed by atoms with Crippen molar-refractivity contribution in [2.45, 2.75) is 0 Å². The number of aliphatic carboxylic acids is 1. The molecule has 0 saturated carbocycles. The fourth-order valence-electron chi connectivity index (χ4n) is 2.44. The summed E-state index contributed by atoms with van der Waals surface area (Å²) in [6.07, 6.45) is 3.06. The summed E-state index contributed by atoms with van der Waals surface area (Å²) in [7, 11) is 0. The Morgan fingerprint density at radius 1 is 1.17 bits per heavy atom. The number of carboxylic acids is 1. The zero-order valence-corrected chi connectivity index (χ0v) is 11.9. The Morgan fingerprint density at radius 2 is 1.96 bits per heavy atom. The Balaban J connectivity index is 2.14. The quantitative estimate of drug-likeness (QED) is 0.436. The number of carbonyl (C=O) groups is 1. The average Bonchev–Trinajstić information content (AvgIpc) is 2.96. The highest BCUT2D eigenvalue weighted by molar-refractivity contribution is 6.23. The number of nitrogens with one attached hydrogen (secondary N) is 1. The second-order valence-electron chi connectivity index (χ2n) is 4.96. The number of hydrogen-bond donors (Lipinski definition) is 2. The predicted molar refractivity (Wildman–Crippen MR) is 86.9 cm³/mol. The van der Waals surface area contributed by atoms with E-state index in [0.29, 0.717) is 11.1 Å². The Hall–Kier alpha value is -3.41. The van der Waals surface area contributed by atoms with Crippen molar-refractivity contribution in [1.29, 1.82) is 0 Å². The zero-order valence-electron chi connectivity index (χ0n) is 11.9. The van der Waals surface area contributed by atoms with E-state index >= 15 is 0 Å². The van der Waals surface area contributed by atoms with Gasteiger partial charge in [0.15, 0.2) is 0 Å². The topological polar surface area (TPSA) is 96.2 Å². The van der Waals surface area contributed by atoms with Crippen LogP contribution in [0.15, 0.2) is 54.7 Å². The molecule has 3 rings (SSSR count). The number of aromatic amines is 1. The molecular formula is C17H12N2O4. The minimum Gasteiger partial charge on any atom is -0.478 e. The summed E-state index contributed by atoms with van der Waals surface area (Å²) in [6, 6.07) is 13.2. The second-order valence-corrected chi connectivity index (χ2v) is 4.96. The minimum atomic E-state index is -1.10. The van der Waals surface area contributed by atoms with Crippen LogP contribution in [0.2, 0.25) is 0 Å². The minimum absolute atomic E-state index is 0.0722. The average molecular weight is 308 g/mol. The lowest BCUT2D eigenvalue weighted by Gasteiger charge is -2.02. The maximum Gasteiger partial charge on any atom is 0.336 e. The van der Waals surface area contributed by atoms with Crippen LogP contribution in [0.5, 0.6) is 0 Å². The van der Waals surface area contributed by atoms with Crippen molar-refractivity contribution in [3.63, 3.8) is 0 Å². The van der Waals surface area contributed by atoms with Crippen LogP contribution in [0.3, 0.4) is 0 Å². The predicted octanol–water partition coefficient (Wildman–Crippen LogP) is 3.70. The van der Waals surface area contributed by atoms with E-state index in [4.69, 9.17) is 0 Å². The maximum atomic E-state index is 11.6. The van der Waals surface area contributed by atoms with Crippen molar-refractivity contribution < 1.29 is 14.8 Å². The van der Waals surface area contributed by atoms with Crippen molar-refractivity contribution in [2.24, 2.45) is 0 Å². The van der Waals surface area contributed by atoms with Crippen LogP contribution in [-0.4, -0.2) is 21.0 Å². The Kier molecular flexibility index (Phi) is 3.64. The summed E-state index contributed by atoms with van der Waals surface area (Å²) in [4.78, 5) is 25.0. The first-order valence-corrected chi connectivity index (χ1v) is 6.82. The van der Waals surface area contributed by atoms with Gasteiger partial charge in [0.05, 0.1) is 10.5 Å². The molecule has 0 amide bonds. The number of fused-ring (bicyclic) bond motifs is 1. The van der Waals surface area contributed by atoms with E-state index in [1.807, 2.05) is 24.3 Å². The van der Waals surface area contributed by atoms with Crippen LogP contribution in [0.1, 0.15) is 11.1 Å². The molecule has 23 heavy (non-hydrogen) atoms. The maximum absolute atomic E-state index is 11.6. The summed E-state index contributed by atoms with van der Waals surface area (Å²) in [5.74, 6) is -1.10. The SMILES string of the molecule is O=C(O)/C(=C\c1cccc([N+](=O)[O-])c1)c1c[nH]c2ccccc12. The van der Waals surface area contributed by atoms with Gasteiger partial charge in [-0.1, -0.05) is 30.3 Å². The number of nitro groups is 1. The molecule has 114 valence electrons. The molecule has 6 heteroatoms. The summed E-state index contributed by atoms with van der Waals surface area (Å²) < 4.78 is 0. The number of nitrogens with zero attached hydrogens (tertiary/aromatic N) is 1. The summed E-state index contributed by atoms with van der Waals surface area (Å²) in [5.41, 5.74) is 1.82. The molecule has 0 atom stereocenters. The molecule has 2 aromatic carbocycles. The van der Waals surface area contributed by atoms with Gasteiger partial charge in [-0.25, -0.2) is 4.79 Å². The van der Waals surface area contributed by atoms with E-state index in [1.54, 1.807) is 12.3 Å². The Morgan fingerprint density at radius 3 is 2.70 bits per heavy atom. The number of hydrogen-bond acceptors (Lipinski definition) is 3.